The predicted molar refractivity (Wildman–Crippen MR) is 293 cm³/mol. The van der Waals surface area contributed by atoms with E-state index in [1.54, 1.807) is 33.6 Å². The largest absolute Gasteiger partial charge is 0.497 e. The van der Waals surface area contributed by atoms with Gasteiger partial charge in [0.1, 0.15) is 22.7 Å². The zero-order valence-corrected chi connectivity index (χ0v) is 44.6. The highest BCUT2D eigenvalue weighted by Gasteiger charge is 2.22. The third-order valence-corrected chi connectivity index (χ3v) is 14.6. The van der Waals surface area contributed by atoms with Crippen LogP contribution in [0.25, 0.3) is 0 Å². The molecule has 0 radical (unpaired) electrons. The van der Waals surface area contributed by atoms with Crippen molar-refractivity contribution in [1.29, 1.82) is 0 Å². The topological polar surface area (TPSA) is 180 Å². The van der Waals surface area contributed by atoms with Gasteiger partial charge in [-0.15, -0.1) is 0 Å². The van der Waals surface area contributed by atoms with E-state index in [2.05, 4.69) is 50.2 Å². The van der Waals surface area contributed by atoms with Crippen molar-refractivity contribution < 1.29 is 33.5 Å². The summed E-state index contributed by atoms with van der Waals surface area (Å²) < 4.78 is 29.6. The summed E-state index contributed by atoms with van der Waals surface area (Å²) in [4.78, 5) is 54.1. The summed E-state index contributed by atoms with van der Waals surface area (Å²) in [5, 5.41) is 0. The molecule has 4 heterocycles. The zero-order valence-electron chi connectivity index (χ0n) is 42.0. The Labute approximate surface area is 432 Å². The molecule has 0 bridgehead atoms. The third kappa shape index (κ3) is 17.3. The van der Waals surface area contributed by atoms with Crippen LogP contribution < -0.4 is 36.2 Å². The Morgan fingerprint density at radius 2 is 0.890 bits per heavy atom. The standard InChI is InChI=1S/C56H62N7O7P3/c1-68-51-19-13-42(14-20-51)7-10-45-33-48(58-54(36-45)71(3)64)39-61-26-27-62(40-49-34-46(37-55(59-49)72(4)65)11-8-43-15-21-52(69-2)22-16-43)29-31-63(30-28-61)41-50-35-47(38-56(60-50)73(5,66)67)12-9-44-17-23-53(24-18-44)70-32-6-25-57/h13-24,33-38,64-65H,6,25-32,39-41,57H2,1-5H3,(H,66,67). The summed E-state index contributed by atoms with van der Waals surface area (Å²) in [5.74, 6) is 21.7. The van der Waals surface area contributed by atoms with Crippen LogP contribution in [-0.4, -0.2) is 131 Å². The van der Waals surface area contributed by atoms with E-state index in [1.807, 2.05) is 103 Å². The summed E-state index contributed by atoms with van der Waals surface area (Å²) in [5.41, 5.74) is 13.7. The van der Waals surface area contributed by atoms with Crippen LogP contribution in [0, 0.1) is 35.5 Å². The highest BCUT2D eigenvalue weighted by Crippen LogP contribution is 2.33. The van der Waals surface area contributed by atoms with E-state index in [4.69, 9.17) is 34.9 Å². The first-order chi connectivity index (χ1) is 35.2. The van der Waals surface area contributed by atoms with Crippen LogP contribution in [0.4, 0.5) is 0 Å². The summed E-state index contributed by atoms with van der Waals surface area (Å²) in [7, 11) is -3.51. The molecular weight excluding hydrogens is 976 g/mol. The molecule has 7 rings (SSSR count). The van der Waals surface area contributed by atoms with Crippen molar-refractivity contribution in [2.75, 3.05) is 86.6 Å². The number of ether oxygens (including phenoxy) is 3. The minimum atomic E-state index is -3.76. The second kappa shape index (κ2) is 26.8. The summed E-state index contributed by atoms with van der Waals surface area (Å²) in [6, 6.07) is 33.8. The summed E-state index contributed by atoms with van der Waals surface area (Å²) in [6.07, 6.45) is 0.761. The molecule has 6 aromatic rings. The molecule has 17 heteroatoms. The second-order valence-corrected chi connectivity index (χ2v) is 22.8. The molecule has 3 aromatic heterocycles. The molecule has 5 N–H and O–H groups in total. The number of benzene rings is 3. The molecule has 1 aliphatic rings. The zero-order chi connectivity index (χ0) is 51.7. The Morgan fingerprint density at radius 3 is 1.23 bits per heavy atom. The van der Waals surface area contributed by atoms with Gasteiger partial charge in [-0.1, -0.05) is 35.5 Å². The fourth-order valence-electron chi connectivity index (χ4n) is 7.75. The van der Waals surface area contributed by atoms with Crippen molar-refractivity contribution in [3.8, 4) is 52.8 Å². The Bertz CT molecular complexity index is 2910. The summed E-state index contributed by atoms with van der Waals surface area (Å²) >= 11 is 0. The van der Waals surface area contributed by atoms with Crippen LogP contribution in [0.15, 0.2) is 109 Å². The van der Waals surface area contributed by atoms with Gasteiger partial charge in [0, 0.05) is 98.9 Å². The number of methoxy groups -OCH3 is 2. The molecule has 0 amide bonds. The van der Waals surface area contributed by atoms with E-state index in [1.165, 1.54) is 6.66 Å². The Hall–Kier alpha value is -6.00. The van der Waals surface area contributed by atoms with Gasteiger partial charge in [0.25, 0.3) is 0 Å². The maximum absolute atomic E-state index is 13.2. The SMILES string of the molecule is COc1ccc(C#Cc2cc(CN3CCN(Cc4cc(C#Cc5ccc(OC)cc5)cc(P(C)O)n4)CCN(Cc4cc(C#Cc5ccc(OCCCN)cc5)cc(P(C)(=O)O)n4)CC3)nc(P(C)O)c2)cc1. The predicted octanol–water partition coefficient (Wildman–Crippen LogP) is 5.45. The average molecular weight is 1040 g/mol. The van der Waals surface area contributed by atoms with Crippen molar-refractivity contribution >= 4 is 40.0 Å². The molecule has 378 valence electrons. The van der Waals surface area contributed by atoms with E-state index in [0.29, 0.717) is 94.2 Å². The van der Waals surface area contributed by atoms with Gasteiger partial charge in [-0.2, -0.15) is 0 Å². The second-order valence-electron chi connectivity index (χ2n) is 17.6. The van der Waals surface area contributed by atoms with E-state index in [-0.39, 0.29) is 5.44 Å². The molecule has 1 saturated heterocycles. The number of aromatic nitrogens is 3. The monoisotopic (exact) mass is 1040 g/mol. The van der Waals surface area contributed by atoms with Crippen LogP contribution in [0.1, 0.15) is 56.9 Å². The number of pyridine rings is 3. The van der Waals surface area contributed by atoms with Gasteiger partial charge >= 0.3 is 0 Å². The number of hydrogen-bond donors (Lipinski definition) is 4. The Kier molecular flexibility index (Phi) is 20.1. The normalized spacial score (nSPS) is 15.0. The van der Waals surface area contributed by atoms with Gasteiger partial charge in [0.2, 0.25) is 7.37 Å². The van der Waals surface area contributed by atoms with E-state index in [0.717, 1.165) is 62.9 Å². The molecule has 73 heavy (non-hydrogen) atoms. The summed E-state index contributed by atoms with van der Waals surface area (Å²) in [6.45, 7) is 11.3. The third-order valence-electron chi connectivity index (χ3n) is 11.7. The number of rotatable bonds is 15. The van der Waals surface area contributed by atoms with Gasteiger partial charge in [0.05, 0.1) is 65.1 Å². The minimum absolute atomic E-state index is 0.0960. The lowest BCUT2D eigenvalue weighted by Gasteiger charge is -2.26. The van der Waals surface area contributed by atoms with Gasteiger partial charge < -0.3 is 34.6 Å². The van der Waals surface area contributed by atoms with Crippen LogP contribution in [0.2, 0.25) is 0 Å². The Balaban J connectivity index is 1.18. The van der Waals surface area contributed by atoms with Gasteiger partial charge in [0.15, 0.2) is 0 Å². The molecule has 3 aromatic carbocycles. The van der Waals surface area contributed by atoms with Crippen LogP contribution in [0.3, 0.4) is 0 Å². The first kappa shape index (κ1) is 54.8. The Morgan fingerprint density at radius 1 is 0.548 bits per heavy atom. The number of nitrogens with zero attached hydrogens (tertiary/aromatic N) is 6. The first-order valence-corrected chi connectivity index (χ1v) is 29.4. The average Bonchev–Trinajstić information content (AvgIpc) is 3.47. The maximum atomic E-state index is 13.2. The van der Waals surface area contributed by atoms with E-state index >= 15 is 0 Å². The van der Waals surface area contributed by atoms with Crippen molar-refractivity contribution in [3.63, 3.8) is 0 Å². The van der Waals surface area contributed by atoms with Gasteiger partial charge in [-0.05, 0) is 135 Å². The molecule has 14 nitrogen and oxygen atoms in total. The molecule has 1 fully saturated rings. The van der Waals surface area contributed by atoms with Crippen LogP contribution in [0.5, 0.6) is 17.2 Å². The molecule has 3 atom stereocenters. The van der Waals surface area contributed by atoms with Crippen molar-refractivity contribution in [3.05, 3.63) is 160 Å². The van der Waals surface area contributed by atoms with Crippen molar-refractivity contribution in [1.82, 2.24) is 29.7 Å². The molecule has 0 aliphatic carbocycles. The van der Waals surface area contributed by atoms with Gasteiger partial charge in [-0.25, -0.2) is 15.0 Å². The quantitative estimate of drug-likeness (QED) is 0.0580. The minimum Gasteiger partial charge on any atom is -0.497 e. The fraction of sp³-hybridized carbons (Fsp3) is 0.304. The van der Waals surface area contributed by atoms with Gasteiger partial charge in [-0.3, -0.25) is 19.3 Å². The highest BCUT2D eigenvalue weighted by molar-refractivity contribution is 7.65. The smallest absolute Gasteiger partial charge is 0.244 e. The van der Waals surface area contributed by atoms with Crippen LogP contribution >= 0.6 is 23.7 Å². The van der Waals surface area contributed by atoms with E-state index < -0.39 is 23.7 Å². The van der Waals surface area contributed by atoms with Crippen LogP contribution in [-0.2, 0) is 24.2 Å². The number of hydrogen-bond acceptors (Lipinski definition) is 13. The lowest BCUT2D eigenvalue weighted by molar-refractivity contribution is 0.207. The fourth-order valence-corrected chi connectivity index (χ4v) is 9.65. The molecule has 1 aliphatic heterocycles. The van der Waals surface area contributed by atoms with Crippen molar-refractivity contribution in [2.45, 2.75) is 26.1 Å². The lowest BCUT2D eigenvalue weighted by Crippen LogP contribution is -2.36. The van der Waals surface area contributed by atoms with Crippen molar-refractivity contribution in [2.24, 2.45) is 5.73 Å². The molecule has 3 unspecified atom stereocenters. The first-order valence-electron chi connectivity index (χ1n) is 23.8. The maximum Gasteiger partial charge on any atom is 0.244 e. The molecule has 0 spiro atoms. The molecular formula is C56H62N7O7P3. The molecule has 0 saturated carbocycles. The highest BCUT2D eigenvalue weighted by atomic mass is 31.2. The number of nitrogens with two attached hydrogens (primary N) is 1. The lowest BCUT2D eigenvalue weighted by atomic mass is 10.1. The van der Waals surface area contributed by atoms with E-state index in [9.17, 15) is 19.2 Å².